The molecule has 1 aliphatic rings. The standard InChI is InChI=1S/C14H12FN3O2S2/c15-9-3-4-10-11(7-9)17-14(16-10)18-22(19,20)13-6-5-12(21-13)8-1-2-8/h3-8H,1-2H2,(H2,16,17,18). The van der Waals surface area contributed by atoms with Gasteiger partial charge in [-0.05, 0) is 49.1 Å². The van der Waals surface area contributed by atoms with Crippen LogP contribution in [0.15, 0.2) is 34.5 Å². The van der Waals surface area contributed by atoms with Crippen molar-refractivity contribution in [2.45, 2.75) is 23.0 Å². The molecule has 2 N–H and O–H groups in total. The van der Waals surface area contributed by atoms with Crippen LogP contribution in [0.2, 0.25) is 0 Å². The third kappa shape index (κ3) is 2.48. The third-order valence-corrected chi connectivity index (χ3v) is 6.60. The highest BCUT2D eigenvalue weighted by Crippen LogP contribution is 2.44. The van der Waals surface area contributed by atoms with E-state index in [1.807, 2.05) is 6.07 Å². The molecule has 114 valence electrons. The molecule has 0 spiro atoms. The number of H-pyrrole nitrogens is 1. The van der Waals surface area contributed by atoms with Crippen molar-refractivity contribution in [1.82, 2.24) is 9.97 Å². The first kappa shape index (κ1) is 13.7. The van der Waals surface area contributed by atoms with Crippen LogP contribution < -0.4 is 4.72 Å². The maximum atomic E-state index is 13.1. The summed E-state index contributed by atoms with van der Waals surface area (Å²) in [6.07, 6.45) is 2.26. The number of imidazole rings is 1. The van der Waals surface area contributed by atoms with Crippen LogP contribution in [0.4, 0.5) is 10.3 Å². The van der Waals surface area contributed by atoms with Gasteiger partial charge in [-0.15, -0.1) is 11.3 Å². The molecule has 0 saturated heterocycles. The zero-order valence-corrected chi connectivity index (χ0v) is 13.0. The maximum absolute atomic E-state index is 13.1. The van der Waals surface area contributed by atoms with Crippen LogP contribution in [0.3, 0.4) is 0 Å². The Labute approximate surface area is 130 Å². The summed E-state index contributed by atoms with van der Waals surface area (Å²) in [5, 5.41) is 0. The predicted molar refractivity (Wildman–Crippen MR) is 83.2 cm³/mol. The molecule has 1 aromatic carbocycles. The first-order valence-corrected chi connectivity index (χ1v) is 9.09. The number of nitrogens with zero attached hydrogens (tertiary/aromatic N) is 1. The fourth-order valence-corrected chi connectivity index (χ4v) is 4.73. The van der Waals surface area contributed by atoms with E-state index in [4.69, 9.17) is 0 Å². The topological polar surface area (TPSA) is 74.8 Å². The van der Waals surface area contributed by atoms with Gasteiger partial charge < -0.3 is 4.98 Å². The van der Waals surface area contributed by atoms with Gasteiger partial charge in [0.25, 0.3) is 10.0 Å². The molecule has 3 aromatic rings. The summed E-state index contributed by atoms with van der Waals surface area (Å²) in [4.78, 5) is 7.98. The number of rotatable bonds is 4. The predicted octanol–water partition coefficient (Wildman–Crippen LogP) is 3.44. The van der Waals surface area contributed by atoms with Crippen molar-refractivity contribution in [3.63, 3.8) is 0 Å². The summed E-state index contributed by atoms with van der Waals surface area (Å²) >= 11 is 1.29. The molecule has 4 rings (SSSR count). The Morgan fingerprint density at radius 1 is 1.27 bits per heavy atom. The molecule has 0 radical (unpaired) electrons. The molecule has 2 aromatic heterocycles. The number of nitrogens with one attached hydrogen (secondary N) is 2. The van der Waals surface area contributed by atoms with Gasteiger partial charge in [0.05, 0.1) is 11.0 Å². The van der Waals surface area contributed by atoms with Gasteiger partial charge in [0.2, 0.25) is 5.95 Å². The zero-order chi connectivity index (χ0) is 15.3. The van der Waals surface area contributed by atoms with Crippen LogP contribution >= 0.6 is 11.3 Å². The van der Waals surface area contributed by atoms with Crippen LogP contribution in [-0.4, -0.2) is 18.4 Å². The highest BCUT2D eigenvalue weighted by Gasteiger charge is 2.27. The molecular weight excluding hydrogens is 325 g/mol. The van der Waals surface area contributed by atoms with E-state index < -0.39 is 15.8 Å². The van der Waals surface area contributed by atoms with Crippen molar-refractivity contribution in [1.29, 1.82) is 0 Å². The Morgan fingerprint density at radius 3 is 2.86 bits per heavy atom. The zero-order valence-electron chi connectivity index (χ0n) is 11.3. The number of hydrogen-bond acceptors (Lipinski definition) is 4. The molecule has 1 aliphatic carbocycles. The first-order chi connectivity index (χ1) is 10.5. The minimum absolute atomic E-state index is 0.0852. The number of anilines is 1. The lowest BCUT2D eigenvalue weighted by atomic mass is 10.3. The monoisotopic (exact) mass is 337 g/mol. The SMILES string of the molecule is O=S(=O)(Nc1nc2ccc(F)cc2[nH]1)c1ccc(C2CC2)s1. The van der Waals surface area contributed by atoms with Gasteiger partial charge in [0, 0.05) is 4.88 Å². The van der Waals surface area contributed by atoms with Gasteiger partial charge in [-0.3, -0.25) is 0 Å². The van der Waals surface area contributed by atoms with Crippen molar-refractivity contribution in [3.8, 4) is 0 Å². The molecule has 22 heavy (non-hydrogen) atoms. The van der Waals surface area contributed by atoms with Crippen LogP contribution in [-0.2, 0) is 10.0 Å². The summed E-state index contributed by atoms with van der Waals surface area (Å²) in [6, 6.07) is 7.53. The maximum Gasteiger partial charge on any atom is 0.273 e. The van der Waals surface area contributed by atoms with Crippen LogP contribution in [0.5, 0.6) is 0 Å². The second-order valence-electron chi connectivity index (χ2n) is 5.28. The highest BCUT2D eigenvalue weighted by molar-refractivity contribution is 7.94. The highest BCUT2D eigenvalue weighted by atomic mass is 32.2. The summed E-state index contributed by atoms with van der Waals surface area (Å²) in [6.45, 7) is 0. The largest absolute Gasteiger partial charge is 0.323 e. The third-order valence-electron chi connectivity index (χ3n) is 3.52. The quantitative estimate of drug-likeness (QED) is 0.766. The average Bonchev–Trinajstić information content (AvgIpc) is 3.04. The van der Waals surface area contributed by atoms with E-state index in [1.165, 1.54) is 29.5 Å². The van der Waals surface area contributed by atoms with Gasteiger partial charge >= 0.3 is 0 Å². The van der Waals surface area contributed by atoms with E-state index in [2.05, 4.69) is 14.7 Å². The first-order valence-electron chi connectivity index (χ1n) is 6.79. The number of benzene rings is 1. The minimum Gasteiger partial charge on any atom is -0.323 e. The van der Waals surface area contributed by atoms with Crippen molar-refractivity contribution in [2.24, 2.45) is 0 Å². The molecule has 8 heteroatoms. The number of thiophene rings is 1. The summed E-state index contributed by atoms with van der Waals surface area (Å²) in [5.41, 5.74) is 0.950. The number of aromatic nitrogens is 2. The Bertz CT molecular complexity index is 958. The summed E-state index contributed by atoms with van der Waals surface area (Å²) < 4.78 is 40.6. The van der Waals surface area contributed by atoms with E-state index in [0.29, 0.717) is 17.0 Å². The van der Waals surface area contributed by atoms with Crippen LogP contribution in [0, 0.1) is 5.82 Å². The van der Waals surface area contributed by atoms with E-state index >= 15 is 0 Å². The van der Waals surface area contributed by atoms with Crippen molar-refractivity contribution < 1.29 is 12.8 Å². The number of fused-ring (bicyclic) bond motifs is 1. The summed E-state index contributed by atoms with van der Waals surface area (Å²) in [5.74, 6) is 0.197. The summed E-state index contributed by atoms with van der Waals surface area (Å²) in [7, 11) is -3.67. The fourth-order valence-electron chi connectivity index (χ4n) is 2.27. The molecule has 0 atom stereocenters. The van der Waals surface area contributed by atoms with Crippen molar-refractivity contribution >= 4 is 38.3 Å². The molecule has 0 aliphatic heterocycles. The molecule has 1 fully saturated rings. The van der Waals surface area contributed by atoms with Gasteiger partial charge in [-0.1, -0.05) is 0 Å². The Morgan fingerprint density at radius 2 is 2.09 bits per heavy atom. The lowest BCUT2D eigenvalue weighted by molar-refractivity contribution is 0.603. The fraction of sp³-hybridized carbons (Fsp3) is 0.214. The minimum atomic E-state index is -3.67. The van der Waals surface area contributed by atoms with E-state index in [0.717, 1.165) is 17.7 Å². The normalized spacial score (nSPS) is 15.3. The molecule has 5 nitrogen and oxygen atoms in total. The Hall–Kier alpha value is -1.93. The van der Waals surface area contributed by atoms with Gasteiger partial charge in [0.15, 0.2) is 0 Å². The van der Waals surface area contributed by atoms with Crippen LogP contribution in [0.25, 0.3) is 11.0 Å². The van der Waals surface area contributed by atoms with Gasteiger partial charge in [-0.25, -0.2) is 22.5 Å². The van der Waals surface area contributed by atoms with Crippen LogP contribution in [0.1, 0.15) is 23.6 Å². The number of sulfonamides is 1. The van der Waals surface area contributed by atoms with E-state index in [9.17, 15) is 12.8 Å². The number of aromatic amines is 1. The second-order valence-corrected chi connectivity index (χ2v) is 8.31. The Balaban J connectivity index is 1.64. The lowest BCUT2D eigenvalue weighted by Gasteiger charge is -2.01. The van der Waals surface area contributed by atoms with E-state index in [1.54, 1.807) is 6.07 Å². The smallest absolute Gasteiger partial charge is 0.273 e. The van der Waals surface area contributed by atoms with E-state index in [-0.39, 0.29) is 10.2 Å². The van der Waals surface area contributed by atoms with Crippen molar-refractivity contribution in [3.05, 3.63) is 41.0 Å². The number of hydrogen-bond donors (Lipinski definition) is 2. The average molecular weight is 337 g/mol. The molecule has 2 heterocycles. The molecule has 0 bridgehead atoms. The molecule has 0 unspecified atom stereocenters. The molecule has 1 saturated carbocycles. The van der Waals surface area contributed by atoms with Gasteiger partial charge in [0.1, 0.15) is 10.0 Å². The van der Waals surface area contributed by atoms with Crippen molar-refractivity contribution in [2.75, 3.05) is 4.72 Å². The van der Waals surface area contributed by atoms with Gasteiger partial charge in [-0.2, -0.15) is 0 Å². The molecule has 0 amide bonds. The molecular formula is C14H12FN3O2S2. The second kappa shape index (κ2) is 4.79. The number of halogens is 1. The Kier molecular flexibility index (Phi) is 2.98. The lowest BCUT2D eigenvalue weighted by Crippen LogP contribution is -2.12.